The summed E-state index contributed by atoms with van der Waals surface area (Å²) < 4.78 is 5.22. The molecule has 0 unspecified atom stereocenters. The highest BCUT2D eigenvalue weighted by molar-refractivity contribution is 5.96. The zero-order valence-corrected chi connectivity index (χ0v) is 16.7. The molecule has 0 atom stereocenters. The molecule has 6 heteroatoms. The quantitative estimate of drug-likeness (QED) is 0.672. The number of para-hydroxylation sites is 1. The summed E-state index contributed by atoms with van der Waals surface area (Å²) in [5, 5.41) is 3.44. The van der Waals surface area contributed by atoms with E-state index in [9.17, 15) is 14.4 Å². The molecule has 3 aromatic rings. The molecular formula is C24H24N2O4. The minimum absolute atomic E-state index is 0.0262. The van der Waals surface area contributed by atoms with Crippen molar-refractivity contribution >= 4 is 22.8 Å². The van der Waals surface area contributed by atoms with Gasteiger partial charge < -0.3 is 14.6 Å². The van der Waals surface area contributed by atoms with Crippen LogP contribution in [0.5, 0.6) is 0 Å². The number of nitrogens with zero attached hydrogens (tertiary/aromatic N) is 1. The molecule has 2 heterocycles. The van der Waals surface area contributed by atoms with Crippen LogP contribution in [0.4, 0.5) is 0 Å². The van der Waals surface area contributed by atoms with E-state index in [2.05, 4.69) is 5.32 Å². The lowest BCUT2D eigenvalue weighted by Gasteiger charge is -2.20. The van der Waals surface area contributed by atoms with Gasteiger partial charge in [0.05, 0.1) is 0 Å². The second-order valence-corrected chi connectivity index (χ2v) is 7.57. The molecule has 0 bridgehead atoms. The third kappa shape index (κ3) is 4.43. The number of hydrogen-bond donors (Lipinski definition) is 1. The minimum Gasteiger partial charge on any atom is -0.422 e. The summed E-state index contributed by atoms with van der Waals surface area (Å²) in [6, 6.07) is 15.8. The lowest BCUT2D eigenvalue weighted by molar-refractivity contribution is 0.0761. The third-order valence-electron chi connectivity index (χ3n) is 5.43. The van der Waals surface area contributed by atoms with Crippen molar-refractivity contribution in [1.82, 2.24) is 10.2 Å². The Kier molecular flexibility index (Phi) is 5.93. The van der Waals surface area contributed by atoms with Crippen LogP contribution in [0, 0.1) is 0 Å². The Bertz CT molecular complexity index is 1110. The van der Waals surface area contributed by atoms with Crippen LogP contribution in [0.15, 0.2) is 63.8 Å². The van der Waals surface area contributed by atoms with Crippen LogP contribution in [-0.4, -0.2) is 29.8 Å². The van der Waals surface area contributed by atoms with Crippen LogP contribution in [0.3, 0.4) is 0 Å². The molecule has 1 fully saturated rings. The van der Waals surface area contributed by atoms with Crippen molar-refractivity contribution in [2.75, 3.05) is 13.1 Å². The summed E-state index contributed by atoms with van der Waals surface area (Å²) in [7, 11) is 0. The maximum absolute atomic E-state index is 12.7. The first kappa shape index (κ1) is 19.9. The van der Waals surface area contributed by atoms with Gasteiger partial charge in [0.25, 0.3) is 11.8 Å². The van der Waals surface area contributed by atoms with E-state index in [-0.39, 0.29) is 18.0 Å². The molecule has 1 N–H and O–H groups in total. The van der Waals surface area contributed by atoms with Gasteiger partial charge in [0, 0.05) is 30.6 Å². The maximum atomic E-state index is 12.7. The van der Waals surface area contributed by atoms with Crippen molar-refractivity contribution in [1.29, 1.82) is 0 Å². The number of rotatable bonds is 4. The van der Waals surface area contributed by atoms with Gasteiger partial charge in [-0.3, -0.25) is 9.59 Å². The molecule has 154 valence electrons. The van der Waals surface area contributed by atoms with Crippen LogP contribution in [0.1, 0.15) is 52.0 Å². The first-order chi connectivity index (χ1) is 14.6. The Labute approximate surface area is 174 Å². The van der Waals surface area contributed by atoms with Crippen molar-refractivity contribution in [3.8, 4) is 0 Å². The minimum atomic E-state index is -0.662. The number of likely N-dealkylation sites (tertiary alicyclic amines) is 1. The number of carbonyl (C=O) groups excluding carboxylic acids is 2. The Morgan fingerprint density at radius 3 is 2.37 bits per heavy atom. The number of hydrogen-bond acceptors (Lipinski definition) is 4. The van der Waals surface area contributed by atoms with Crippen molar-refractivity contribution in [3.05, 3.63) is 81.7 Å². The molecular weight excluding hydrogens is 380 g/mol. The highest BCUT2D eigenvalue weighted by atomic mass is 16.4. The average Bonchev–Trinajstić information content (AvgIpc) is 3.06. The highest BCUT2D eigenvalue weighted by Gasteiger charge is 2.17. The summed E-state index contributed by atoms with van der Waals surface area (Å²) in [5.41, 5.74) is 1.26. The van der Waals surface area contributed by atoms with Gasteiger partial charge in [-0.15, -0.1) is 0 Å². The van der Waals surface area contributed by atoms with Gasteiger partial charge >= 0.3 is 5.63 Å². The number of benzene rings is 2. The molecule has 6 nitrogen and oxygen atoms in total. The van der Waals surface area contributed by atoms with Gasteiger partial charge in [-0.05, 0) is 42.7 Å². The van der Waals surface area contributed by atoms with Crippen molar-refractivity contribution in [2.45, 2.75) is 32.2 Å². The summed E-state index contributed by atoms with van der Waals surface area (Å²) in [4.78, 5) is 39.2. The average molecular weight is 404 g/mol. The zero-order chi connectivity index (χ0) is 20.9. The molecule has 1 aliphatic rings. The van der Waals surface area contributed by atoms with Gasteiger partial charge in [-0.1, -0.05) is 43.2 Å². The molecule has 0 saturated carbocycles. The van der Waals surface area contributed by atoms with Gasteiger partial charge in [-0.2, -0.15) is 0 Å². The summed E-state index contributed by atoms with van der Waals surface area (Å²) in [6.07, 6.45) is 4.47. The topological polar surface area (TPSA) is 79.6 Å². The van der Waals surface area contributed by atoms with Crippen LogP contribution in [0.2, 0.25) is 0 Å². The Hall–Kier alpha value is -3.41. The normalized spacial score (nSPS) is 14.3. The van der Waals surface area contributed by atoms with Crippen molar-refractivity contribution in [3.63, 3.8) is 0 Å². The summed E-state index contributed by atoms with van der Waals surface area (Å²) in [6.45, 7) is 1.87. The fourth-order valence-corrected chi connectivity index (χ4v) is 3.72. The van der Waals surface area contributed by atoms with E-state index in [1.165, 1.54) is 12.8 Å². The molecule has 0 spiro atoms. The standard InChI is InChI=1S/C24H24N2O4/c27-22(20-15-19-7-3-4-8-21(19)30-24(20)29)25-16-17-9-11-18(12-10-17)23(28)26-13-5-1-2-6-14-26/h3-4,7-12,15H,1-2,5-6,13-14,16H2,(H,25,27). The first-order valence-corrected chi connectivity index (χ1v) is 10.3. The van der Waals surface area contributed by atoms with Crippen molar-refractivity contribution < 1.29 is 14.0 Å². The number of nitrogens with one attached hydrogen (secondary N) is 1. The molecule has 30 heavy (non-hydrogen) atoms. The molecule has 1 saturated heterocycles. The number of fused-ring (bicyclic) bond motifs is 1. The Morgan fingerprint density at radius 1 is 0.933 bits per heavy atom. The van der Waals surface area contributed by atoms with E-state index in [0.29, 0.717) is 16.5 Å². The molecule has 2 amide bonds. The van der Waals surface area contributed by atoms with E-state index in [0.717, 1.165) is 31.5 Å². The first-order valence-electron chi connectivity index (χ1n) is 10.3. The molecule has 0 aliphatic carbocycles. The van der Waals surface area contributed by atoms with Gasteiger partial charge in [-0.25, -0.2) is 4.79 Å². The fraction of sp³-hybridized carbons (Fsp3) is 0.292. The number of amides is 2. The van der Waals surface area contributed by atoms with E-state index in [1.54, 1.807) is 36.4 Å². The smallest absolute Gasteiger partial charge is 0.349 e. The van der Waals surface area contributed by atoms with Gasteiger partial charge in [0.2, 0.25) is 0 Å². The predicted octanol–water partition coefficient (Wildman–Crippen LogP) is 3.74. The predicted molar refractivity (Wildman–Crippen MR) is 114 cm³/mol. The van der Waals surface area contributed by atoms with E-state index >= 15 is 0 Å². The molecule has 2 aromatic carbocycles. The SMILES string of the molecule is O=C(NCc1ccc(C(=O)N2CCCCCC2)cc1)c1cc2ccccc2oc1=O. The van der Waals surface area contributed by atoms with Crippen LogP contribution in [0.25, 0.3) is 11.0 Å². The maximum Gasteiger partial charge on any atom is 0.349 e. The zero-order valence-electron chi connectivity index (χ0n) is 16.7. The third-order valence-corrected chi connectivity index (χ3v) is 5.43. The van der Waals surface area contributed by atoms with Gasteiger partial charge in [0.1, 0.15) is 11.1 Å². The monoisotopic (exact) mass is 404 g/mol. The van der Waals surface area contributed by atoms with E-state index in [1.807, 2.05) is 23.1 Å². The largest absolute Gasteiger partial charge is 0.422 e. The van der Waals surface area contributed by atoms with E-state index in [4.69, 9.17) is 4.42 Å². The van der Waals surface area contributed by atoms with E-state index < -0.39 is 11.5 Å². The fourth-order valence-electron chi connectivity index (χ4n) is 3.72. The van der Waals surface area contributed by atoms with Crippen LogP contribution >= 0.6 is 0 Å². The lowest BCUT2D eigenvalue weighted by Crippen LogP contribution is -2.31. The summed E-state index contributed by atoms with van der Waals surface area (Å²) in [5.74, 6) is -0.430. The summed E-state index contributed by atoms with van der Waals surface area (Å²) >= 11 is 0. The van der Waals surface area contributed by atoms with Gasteiger partial charge in [0.15, 0.2) is 0 Å². The van der Waals surface area contributed by atoms with Crippen LogP contribution in [-0.2, 0) is 6.54 Å². The highest BCUT2D eigenvalue weighted by Crippen LogP contribution is 2.15. The molecule has 1 aromatic heterocycles. The number of carbonyl (C=O) groups is 2. The Morgan fingerprint density at radius 2 is 1.63 bits per heavy atom. The lowest BCUT2D eigenvalue weighted by atomic mass is 10.1. The molecule has 0 radical (unpaired) electrons. The Balaban J connectivity index is 1.40. The second kappa shape index (κ2) is 8.95. The molecule has 1 aliphatic heterocycles. The molecule has 4 rings (SSSR count). The second-order valence-electron chi connectivity index (χ2n) is 7.57. The van der Waals surface area contributed by atoms with Crippen molar-refractivity contribution in [2.24, 2.45) is 0 Å². The van der Waals surface area contributed by atoms with Crippen LogP contribution < -0.4 is 10.9 Å².